The molecule has 0 radical (unpaired) electrons. The van der Waals surface area contributed by atoms with Crippen molar-refractivity contribution in [3.05, 3.63) is 23.8 Å². The Morgan fingerprint density at radius 3 is 2.66 bits per heavy atom. The van der Waals surface area contributed by atoms with Crippen LogP contribution in [0.5, 0.6) is 11.5 Å². The van der Waals surface area contributed by atoms with E-state index in [4.69, 9.17) is 14.2 Å². The van der Waals surface area contributed by atoms with E-state index in [1.165, 1.54) is 6.42 Å². The predicted molar refractivity (Wildman–Crippen MR) is 111 cm³/mol. The van der Waals surface area contributed by atoms with Gasteiger partial charge in [0, 0.05) is 32.7 Å². The molecular formula is C22H36N2O5. The fourth-order valence-corrected chi connectivity index (χ4v) is 4.09. The molecule has 1 saturated carbocycles. The third-order valence-corrected chi connectivity index (χ3v) is 5.80. The van der Waals surface area contributed by atoms with Crippen molar-refractivity contribution in [1.82, 2.24) is 10.2 Å². The lowest BCUT2D eigenvalue weighted by molar-refractivity contribution is 0.00442. The Morgan fingerprint density at radius 1 is 1.17 bits per heavy atom. The molecule has 1 aromatic carbocycles. The maximum atomic E-state index is 10.6. The van der Waals surface area contributed by atoms with Crippen molar-refractivity contribution >= 4 is 0 Å². The van der Waals surface area contributed by atoms with Gasteiger partial charge in [0.25, 0.3) is 0 Å². The first-order valence-electron chi connectivity index (χ1n) is 10.8. The van der Waals surface area contributed by atoms with Crippen molar-refractivity contribution in [2.75, 3.05) is 53.1 Å². The molecule has 3 rings (SSSR count). The molecule has 3 N–H and O–H groups in total. The summed E-state index contributed by atoms with van der Waals surface area (Å²) < 4.78 is 16.6. The van der Waals surface area contributed by atoms with Crippen molar-refractivity contribution in [2.24, 2.45) is 0 Å². The van der Waals surface area contributed by atoms with Gasteiger partial charge in [-0.1, -0.05) is 25.3 Å². The topological polar surface area (TPSA) is 83.4 Å². The molecule has 1 atom stereocenters. The lowest BCUT2D eigenvalue weighted by Gasteiger charge is -2.32. The molecule has 1 aliphatic carbocycles. The molecule has 1 aliphatic heterocycles. The number of hydrogen-bond donors (Lipinski definition) is 3. The highest BCUT2D eigenvalue weighted by molar-refractivity contribution is 5.43. The predicted octanol–water partition coefficient (Wildman–Crippen LogP) is 1.55. The number of nitrogens with one attached hydrogen (secondary N) is 1. The Labute approximate surface area is 173 Å². The zero-order valence-electron chi connectivity index (χ0n) is 17.6. The van der Waals surface area contributed by atoms with Gasteiger partial charge in [-0.3, -0.25) is 4.90 Å². The summed E-state index contributed by atoms with van der Waals surface area (Å²) in [6.07, 6.45) is 4.63. The number of morpholine rings is 1. The van der Waals surface area contributed by atoms with Crippen LogP contribution in [0, 0.1) is 0 Å². The van der Waals surface area contributed by atoms with Crippen LogP contribution in [0.1, 0.15) is 37.7 Å². The molecule has 1 aromatic rings. The van der Waals surface area contributed by atoms with E-state index in [0.29, 0.717) is 44.3 Å². The van der Waals surface area contributed by atoms with Crippen molar-refractivity contribution in [1.29, 1.82) is 0 Å². The van der Waals surface area contributed by atoms with Gasteiger partial charge >= 0.3 is 0 Å². The fourth-order valence-electron chi connectivity index (χ4n) is 4.09. The zero-order chi connectivity index (χ0) is 20.5. The van der Waals surface area contributed by atoms with Gasteiger partial charge in [0.1, 0.15) is 12.7 Å². The number of β-amino-alcohol motifs (C(OH)–C–C–N with tert-alkyl or cyclic N) is 1. The Hall–Kier alpha value is -1.38. The maximum absolute atomic E-state index is 10.6. The van der Waals surface area contributed by atoms with Crippen molar-refractivity contribution in [3.8, 4) is 11.5 Å². The Balaban J connectivity index is 1.45. The summed E-state index contributed by atoms with van der Waals surface area (Å²) >= 11 is 0. The standard InChI is InChI=1S/C22H36N2O5/c1-27-21-13-18(14-23-17-22(26)7-3-2-4-8-22)5-6-20(21)29-16-19(25)15-24-9-11-28-12-10-24/h5-6,13,19,23,25-26H,2-4,7-12,14-17H2,1H3/t19-/m1/s1. The molecule has 164 valence electrons. The molecule has 0 amide bonds. The number of benzene rings is 1. The average Bonchev–Trinajstić information content (AvgIpc) is 2.74. The first-order valence-corrected chi connectivity index (χ1v) is 10.8. The van der Waals surface area contributed by atoms with Crippen molar-refractivity contribution < 1.29 is 24.4 Å². The summed E-state index contributed by atoms with van der Waals surface area (Å²) in [5.74, 6) is 1.28. The number of aliphatic hydroxyl groups is 2. The van der Waals surface area contributed by atoms with Crippen LogP contribution in [0.4, 0.5) is 0 Å². The van der Waals surface area contributed by atoms with Gasteiger partial charge in [0.05, 0.1) is 25.9 Å². The van der Waals surface area contributed by atoms with Gasteiger partial charge in [-0.2, -0.15) is 0 Å². The van der Waals surface area contributed by atoms with Crippen molar-refractivity contribution in [3.63, 3.8) is 0 Å². The largest absolute Gasteiger partial charge is 0.493 e. The van der Waals surface area contributed by atoms with Crippen LogP contribution in [-0.2, 0) is 11.3 Å². The highest BCUT2D eigenvalue weighted by Crippen LogP contribution is 2.29. The van der Waals surface area contributed by atoms with E-state index in [2.05, 4.69) is 10.2 Å². The highest BCUT2D eigenvalue weighted by atomic mass is 16.5. The average molecular weight is 409 g/mol. The summed E-state index contributed by atoms with van der Waals surface area (Å²) in [4.78, 5) is 2.18. The molecule has 7 nitrogen and oxygen atoms in total. The van der Waals surface area contributed by atoms with E-state index in [1.807, 2.05) is 18.2 Å². The molecule has 2 aliphatic rings. The second kappa shape index (κ2) is 11.1. The molecule has 0 unspecified atom stereocenters. The normalized spacial score (nSPS) is 20.9. The first kappa shape index (κ1) is 22.3. The fraction of sp³-hybridized carbons (Fsp3) is 0.727. The molecule has 0 bridgehead atoms. The summed E-state index contributed by atoms with van der Waals surface area (Å²) in [6, 6.07) is 5.82. The molecular weight excluding hydrogens is 372 g/mol. The summed E-state index contributed by atoms with van der Waals surface area (Å²) in [6.45, 7) is 5.20. The molecule has 7 heteroatoms. The van der Waals surface area contributed by atoms with Crippen LogP contribution in [0.3, 0.4) is 0 Å². The van der Waals surface area contributed by atoms with E-state index >= 15 is 0 Å². The quantitative estimate of drug-likeness (QED) is 0.542. The summed E-state index contributed by atoms with van der Waals surface area (Å²) in [7, 11) is 1.62. The number of rotatable bonds is 10. The van der Waals surface area contributed by atoms with E-state index < -0.39 is 11.7 Å². The summed E-state index contributed by atoms with van der Waals surface area (Å²) in [5.41, 5.74) is 0.504. The number of aliphatic hydroxyl groups excluding tert-OH is 1. The van der Waals surface area contributed by atoms with E-state index in [9.17, 15) is 10.2 Å². The molecule has 2 fully saturated rings. The molecule has 1 saturated heterocycles. The zero-order valence-corrected chi connectivity index (χ0v) is 17.6. The Bertz CT molecular complexity index is 615. The van der Waals surface area contributed by atoms with Gasteiger partial charge < -0.3 is 29.7 Å². The minimum Gasteiger partial charge on any atom is -0.493 e. The maximum Gasteiger partial charge on any atom is 0.161 e. The van der Waals surface area contributed by atoms with Crippen LogP contribution in [0.25, 0.3) is 0 Å². The van der Waals surface area contributed by atoms with Gasteiger partial charge in [0.2, 0.25) is 0 Å². The van der Waals surface area contributed by atoms with Gasteiger partial charge in [-0.05, 0) is 30.5 Å². The Kier molecular flexibility index (Phi) is 8.56. The number of methoxy groups -OCH3 is 1. The summed E-state index contributed by atoms with van der Waals surface area (Å²) in [5, 5.41) is 24.2. The van der Waals surface area contributed by atoms with Gasteiger partial charge in [-0.25, -0.2) is 0 Å². The van der Waals surface area contributed by atoms with Crippen LogP contribution >= 0.6 is 0 Å². The van der Waals surface area contributed by atoms with Crippen LogP contribution in [0.15, 0.2) is 18.2 Å². The monoisotopic (exact) mass is 408 g/mol. The molecule has 0 aromatic heterocycles. The third-order valence-electron chi connectivity index (χ3n) is 5.80. The van der Waals surface area contributed by atoms with Gasteiger partial charge in [-0.15, -0.1) is 0 Å². The molecule has 0 spiro atoms. The van der Waals surface area contributed by atoms with E-state index in [0.717, 1.165) is 44.3 Å². The van der Waals surface area contributed by atoms with Gasteiger partial charge in [0.15, 0.2) is 11.5 Å². The SMILES string of the molecule is COc1cc(CNCC2(O)CCCCC2)ccc1OC[C@H](O)CN1CCOCC1. The second-order valence-electron chi connectivity index (χ2n) is 8.25. The first-order chi connectivity index (χ1) is 14.1. The second-order valence-corrected chi connectivity index (χ2v) is 8.25. The van der Waals surface area contributed by atoms with Crippen LogP contribution in [-0.4, -0.2) is 79.9 Å². The van der Waals surface area contributed by atoms with E-state index in [1.54, 1.807) is 7.11 Å². The number of nitrogens with zero attached hydrogens (tertiary/aromatic N) is 1. The Morgan fingerprint density at radius 2 is 1.93 bits per heavy atom. The third kappa shape index (κ3) is 7.12. The highest BCUT2D eigenvalue weighted by Gasteiger charge is 2.28. The van der Waals surface area contributed by atoms with E-state index in [-0.39, 0.29) is 6.61 Å². The molecule has 29 heavy (non-hydrogen) atoms. The lowest BCUT2D eigenvalue weighted by Crippen LogP contribution is -2.42. The minimum absolute atomic E-state index is 0.221. The van der Waals surface area contributed by atoms with Crippen molar-refractivity contribution in [2.45, 2.75) is 50.4 Å². The smallest absolute Gasteiger partial charge is 0.161 e. The van der Waals surface area contributed by atoms with Crippen LogP contribution < -0.4 is 14.8 Å². The number of hydrogen-bond acceptors (Lipinski definition) is 7. The van der Waals surface area contributed by atoms with Crippen LogP contribution in [0.2, 0.25) is 0 Å². The number of ether oxygens (including phenoxy) is 3. The minimum atomic E-state index is -0.567. The molecule has 1 heterocycles. The lowest BCUT2D eigenvalue weighted by atomic mass is 9.85.